The van der Waals surface area contributed by atoms with E-state index in [9.17, 15) is 9.18 Å². The van der Waals surface area contributed by atoms with Gasteiger partial charge in [0.05, 0.1) is 19.1 Å². The number of fused-ring (bicyclic) bond motifs is 4. The van der Waals surface area contributed by atoms with Crippen molar-refractivity contribution in [2.24, 2.45) is 16.6 Å². The Labute approximate surface area is 167 Å². The van der Waals surface area contributed by atoms with Crippen molar-refractivity contribution in [2.45, 2.75) is 24.5 Å². The topological polar surface area (TPSA) is 90.0 Å². The smallest absolute Gasteiger partial charge is 0.262 e. The van der Waals surface area contributed by atoms with Gasteiger partial charge in [0.1, 0.15) is 11.4 Å². The summed E-state index contributed by atoms with van der Waals surface area (Å²) < 4.78 is 26.4. The fraction of sp³-hybridized carbons (Fsp3) is 0.381. The first-order chi connectivity index (χ1) is 13.9. The molecule has 29 heavy (non-hydrogen) atoms. The van der Waals surface area contributed by atoms with E-state index >= 15 is 0 Å². The summed E-state index contributed by atoms with van der Waals surface area (Å²) in [6.07, 6.45) is 2.03. The molecule has 1 saturated heterocycles. The molecule has 1 amide bonds. The van der Waals surface area contributed by atoms with E-state index in [0.717, 1.165) is 0 Å². The summed E-state index contributed by atoms with van der Waals surface area (Å²) in [7, 11) is 1.61. The lowest BCUT2D eigenvalue weighted by atomic mass is 9.66. The van der Waals surface area contributed by atoms with Crippen molar-refractivity contribution in [3.05, 3.63) is 48.0 Å². The number of pyridine rings is 1. The van der Waals surface area contributed by atoms with Gasteiger partial charge in [-0.3, -0.25) is 9.69 Å². The second-order valence-corrected chi connectivity index (χ2v) is 7.95. The number of nitrogens with zero attached hydrogens (tertiary/aromatic N) is 3. The highest BCUT2D eigenvalue weighted by Crippen LogP contribution is 2.55. The molecule has 0 aliphatic carbocycles. The number of aliphatic imine (C=N–C) groups is 1. The molecular weight excluding hydrogens is 375 g/mol. The predicted octanol–water partition coefficient (Wildman–Crippen LogP) is 2.06. The average Bonchev–Trinajstić information content (AvgIpc) is 2.93. The molecule has 150 valence electrons. The second kappa shape index (κ2) is 6.00. The zero-order valence-electron chi connectivity index (χ0n) is 16.2. The van der Waals surface area contributed by atoms with Crippen LogP contribution in [0.5, 0.6) is 5.75 Å². The largest absolute Gasteiger partial charge is 0.487 e. The highest BCUT2D eigenvalue weighted by molar-refractivity contribution is 6.07. The lowest BCUT2D eigenvalue weighted by Crippen LogP contribution is -2.62. The van der Waals surface area contributed by atoms with Crippen LogP contribution in [0.25, 0.3) is 11.1 Å². The molecule has 4 heterocycles. The molecule has 2 aromatic rings. The van der Waals surface area contributed by atoms with Crippen LogP contribution in [-0.4, -0.2) is 47.6 Å². The molecule has 1 fully saturated rings. The molecular formula is C21H21FN4O3. The van der Waals surface area contributed by atoms with Gasteiger partial charge in [-0.1, -0.05) is 6.07 Å². The van der Waals surface area contributed by atoms with E-state index in [4.69, 9.17) is 15.2 Å². The molecule has 1 aromatic carbocycles. The Kier molecular flexibility index (Phi) is 3.73. The quantitative estimate of drug-likeness (QED) is 0.746. The molecule has 3 aliphatic rings. The molecule has 1 aromatic heterocycles. The van der Waals surface area contributed by atoms with Crippen LogP contribution in [0.4, 0.5) is 4.39 Å². The number of halogens is 1. The van der Waals surface area contributed by atoms with Crippen molar-refractivity contribution in [3.63, 3.8) is 0 Å². The predicted molar refractivity (Wildman–Crippen MR) is 104 cm³/mol. The van der Waals surface area contributed by atoms with Gasteiger partial charge < -0.3 is 15.2 Å². The van der Waals surface area contributed by atoms with Crippen molar-refractivity contribution in [1.82, 2.24) is 9.88 Å². The Morgan fingerprint density at radius 1 is 1.34 bits per heavy atom. The van der Waals surface area contributed by atoms with Crippen LogP contribution in [0.3, 0.4) is 0 Å². The lowest BCUT2D eigenvalue weighted by Gasteiger charge is -2.51. The standard InChI is InChI=1S/C21H21FN4O3/c1-20-7-9-28-11-16(20)21(18(27)26(2)19(23)25-21)14-10-12(5-6-15(14)29-20)13-4-3-8-24-17(13)22/h3-6,8,10,16H,7,9,11H2,1-2H3,(H2,23,25)/t16-,20-,21+/m1/s1. The third-order valence-electron chi connectivity index (χ3n) is 6.34. The summed E-state index contributed by atoms with van der Waals surface area (Å²) in [5.41, 5.74) is 5.68. The SMILES string of the molecule is CN1C(=O)[C@]2(N=C1N)c1cc(-c3cccnc3F)ccc1O[C@]1(C)CCOC[C@H]12. The van der Waals surface area contributed by atoms with E-state index in [1.165, 1.54) is 11.1 Å². The summed E-state index contributed by atoms with van der Waals surface area (Å²) in [6.45, 7) is 2.84. The molecule has 2 N–H and O–H groups in total. The number of likely N-dealkylation sites (N-methyl/N-ethyl adjacent to an activating group) is 1. The summed E-state index contributed by atoms with van der Waals surface area (Å²) in [4.78, 5) is 23.3. The van der Waals surface area contributed by atoms with Crippen molar-refractivity contribution in [3.8, 4) is 16.9 Å². The summed E-state index contributed by atoms with van der Waals surface area (Å²) >= 11 is 0. The molecule has 3 aliphatic heterocycles. The van der Waals surface area contributed by atoms with Crippen LogP contribution in [-0.2, 0) is 15.1 Å². The summed E-state index contributed by atoms with van der Waals surface area (Å²) in [6, 6.07) is 8.62. The Balaban J connectivity index is 1.77. The summed E-state index contributed by atoms with van der Waals surface area (Å²) in [5, 5.41) is 0. The highest BCUT2D eigenvalue weighted by atomic mass is 19.1. The number of hydrogen-bond donors (Lipinski definition) is 1. The number of amides is 1. The van der Waals surface area contributed by atoms with Gasteiger partial charge in [-0.2, -0.15) is 4.39 Å². The van der Waals surface area contributed by atoms with E-state index in [-0.39, 0.29) is 17.8 Å². The third kappa shape index (κ3) is 2.35. The Hall–Kier alpha value is -3.00. The number of nitrogens with two attached hydrogens (primary N) is 1. The minimum Gasteiger partial charge on any atom is -0.487 e. The van der Waals surface area contributed by atoms with Crippen LogP contribution in [0.1, 0.15) is 18.9 Å². The maximum Gasteiger partial charge on any atom is 0.262 e. The first-order valence-corrected chi connectivity index (χ1v) is 9.52. The van der Waals surface area contributed by atoms with E-state index < -0.39 is 17.1 Å². The van der Waals surface area contributed by atoms with Gasteiger partial charge in [-0.15, -0.1) is 0 Å². The monoisotopic (exact) mass is 396 g/mol. The van der Waals surface area contributed by atoms with Crippen molar-refractivity contribution in [1.29, 1.82) is 0 Å². The van der Waals surface area contributed by atoms with Crippen LogP contribution in [0, 0.1) is 11.9 Å². The number of benzene rings is 1. The highest BCUT2D eigenvalue weighted by Gasteiger charge is 2.64. The van der Waals surface area contributed by atoms with Gasteiger partial charge >= 0.3 is 0 Å². The minimum atomic E-state index is -1.27. The first kappa shape index (κ1) is 18.1. The Morgan fingerprint density at radius 3 is 2.90 bits per heavy atom. The maximum absolute atomic E-state index is 14.3. The number of carbonyl (C=O) groups excluding carboxylic acids is 1. The van der Waals surface area contributed by atoms with Crippen molar-refractivity contribution >= 4 is 11.9 Å². The number of guanidine groups is 1. The molecule has 3 atom stereocenters. The normalized spacial score (nSPS) is 30.6. The van der Waals surface area contributed by atoms with E-state index in [1.54, 1.807) is 37.4 Å². The van der Waals surface area contributed by atoms with Crippen LogP contribution in [0.2, 0.25) is 0 Å². The van der Waals surface area contributed by atoms with Gasteiger partial charge in [-0.25, -0.2) is 9.98 Å². The molecule has 0 saturated carbocycles. The van der Waals surface area contributed by atoms with E-state index in [2.05, 4.69) is 9.98 Å². The van der Waals surface area contributed by atoms with Gasteiger partial charge in [0, 0.05) is 30.8 Å². The fourth-order valence-corrected chi connectivity index (χ4v) is 4.70. The fourth-order valence-electron chi connectivity index (χ4n) is 4.70. The molecule has 0 radical (unpaired) electrons. The van der Waals surface area contributed by atoms with Crippen molar-refractivity contribution in [2.75, 3.05) is 20.3 Å². The summed E-state index contributed by atoms with van der Waals surface area (Å²) in [5.74, 6) is -0.471. The number of hydrogen-bond acceptors (Lipinski definition) is 6. The van der Waals surface area contributed by atoms with Crippen LogP contribution >= 0.6 is 0 Å². The molecule has 5 rings (SSSR count). The van der Waals surface area contributed by atoms with E-state index in [0.29, 0.717) is 42.1 Å². The van der Waals surface area contributed by atoms with Gasteiger partial charge in [-0.05, 0) is 36.8 Å². The zero-order valence-corrected chi connectivity index (χ0v) is 16.2. The number of rotatable bonds is 1. The Morgan fingerprint density at radius 2 is 2.17 bits per heavy atom. The molecule has 1 spiro atoms. The average molecular weight is 396 g/mol. The lowest BCUT2D eigenvalue weighted by molar-refractivity contribution is -0.154. The van der Waals surface area contributed by atoms with Crippen molar-refractivity contribution < 1.29 is 18.7 Å². The molecule has 8 heteroatoms. The third-order valence-corrected chi connectivity index (χ3v) is 6.34. The second-order valence-electron chi connectivity index (χ2n) is 7.95. The van der Waals surface area contributed by atoms with Gasteiger partial charge in [0.2, 0.25) is 5.95 Å². The van der Waals surface area contributed by atoms with E-state index in [1.807, 2.05) is 6.92 Å². The van der Waals surface area contributed by atoms with Gasteiger partial charge in [0.15, 0.2) is 11.5 Å². The molecule has 7 nitrogen and oxygen atoms in total. The van der Waals surface area contributed by atoms with Gasteiger partial charge in [0.25, 0.3) is 5.91 Å². The Bertz CT molecular complexity index is 1060. The number of carbonyl (C=O) groups is 1. The zero-order chi connectivity index (χ0) is 20.4. The maximum atomic E-state index is 14.3. The van der Waals surface area contributed by atoms with Crippen LogP contribution in [0.15, 0.2) is 41.5 Å². The molecule has 0 unspecified atom stereocenters. The number of ether oxygens (including phenoxy) is 2. The molecule has 0 bridgehead atoms. The minimum absolute atomic E-state index is 0.147. The van der Waals surface area contributed by atoms with Crippen LogP contribution < -0.4 is 10.5 Å². The first-order valence-electron chi connectivity index (χ1n) is 9.52. The number of aromatic nitrogens is 1.